The molecule has 0 bridgehead atoms. The predicted octanol–water partition coefficient (Wildman–Crippen LogP) is 1.16. The zero-order valence-electron chi connectivity index (χ0n) is 11.2. The van der Waals surface area contributed by atoms with Crippen LogP contribution in [0.4, 0.5) is 5.69 Å². The van der Waals surface area contributed by atoms with Gasteiger partial charge in [0.25, 0.3) is 0 Å². The molecule has 0 radical (unpaired) electrons. The number of hydrogen-bond donors (Lipinski definition) is 3. The number of imidazole rings is 1. The normalized spacial score (nSPS) is 19.3. The van der Waals surface area contributed by atoms with Crippen LogP contribution >= 0.6 is 0 Å². The van der Waals surface area contributed by atoms with E-state index in [4.69, 9.17) is 5.73 Å². The summed E-state index contributed by atoms with van der Waals surface area (Å²) in [6.45, 7) is 2.02. The minimum absolute atomic E-state index is 0.0434. The molecule has 1 aliphatic heterocycles. The Kier molecular flexibility index (Phi) is 3.31. The highest BCUT2D eigenvalue weighted by atomic mass is 16.4. The van der Waals surface area contributed by atoms with Crippen molar-refractivity contribution in [2.24, 2.45) is 5.92 Å². The van der Waals surface area contributed by atoms with Gasteiger partial charge in [-0.2, -0.15) is 0 Å². The van der Waals surface area contributed by atoms with Crippen LogP contribution in [-0.2, 0) is 6.42 Å². The summed E-state index contributed by atoms with van der Waals surface area (Å²) in [6.07, 6.45) is 4.90. The van der Waals surface area contributed by atoms with Crippen molar-refractivity contribution in [3.8, 4) is 0 Å². The molecule has 0 aromatic carbocycles. The van der Waals surface area contributed by atoms with Crippen molar-refractivity contribution in [2.45, 2.75) is 19.3 Å². The molecule has 0 aliphatic carbocycles. The number of aromatic carboxylic acids is 1. The van der Waals surface area contributed by atoms with Gasteiger partial charge < -0.3 is 20.6 Å². The van der Waals surface area contributed by atoms with Gasteiger partial charge in [0.2, 0.25) is 0 Å². The summed E-state index contributed by atoms with van der Waals surface area (Å²) in [7, 11) is 0. The lowest BCUT2D eigenvalue weighted by atomic mass is 9.96. The molecule has 2 aromatic heterocycles. The molecule has 1 atom stereocenters. The Labute approximate surface area is 116 Å². The van der Waals surface area contributed by atoms with E-state index in [-0.39, 0.29) is 5.69 Å². The zero-order valence-corrected chi connectivity index (χ0v) is 11.2. The van der Waals surface area contributed by atoms with E-state index in [0.717, 1.165) is 38.2 Å². The van der Waals surface area contributed by atoms with E-state index < -0.39 is 5.97 Å². The van der Waals surface area contributed by atoms with E-state index in [9.17, 15) is 9.90 Å². The lowest BCUT2D eigenvalue weighted by Gasteiger charge is -2.22. The number of aromatic nitrogens is 2. The Morgan fingerprint density at radius 3 is 3.15 bits per heavy atom. The van der Waals surface area contributed by atoms with Crippen molar-refractivity contribution in [3.63, 3.8) is 0 Å². The van der Waals surface area contributed by atoms with Gasteiger partial charge in [-0.3, -0.25) is 0 Å². The highest BCUT2D eigenvalue weighted by molar-refractivity contribution is 5.97. The molecule has 0 spiro atoms. The number of rotatable bonds is 3. The van der Waals surface area contributed by atoms with Crippen LogP contribution in [0.3, 0.4) is 0 Å². The molecule has 1 saturated heterocycles. The first-order valence-corrected chi connectivity index (χ1v) is 6.86. The molecule has 1 unspecified atom stereocenters. The van der Waals surface area contributed by atoms with E-state index in [1.807, 2.05) is 16.7 Å². The lowest BCUT2D eigenvalue weighted by Crippen LogP contribution is -2.31. The van der Waals surface area contributed by atoms with Crippen LogP contribution in [-0.4, -0.2) is 33.6 Å². The number of nitrogens with two attached hydrogens (primary N) is 1. The summed E-state index contributed by atoms with van der Waals surface area (Å²) < 4.78 is 1.81. The third-order valence-corrected chi connectivity index (χ3v) is 3.84. The quantitative estimate of drug-likeness (QED) is 0.781. The van der Waals surface area contributed by atoms with E-state index in [0.29, 0.717) is 17.1 Å². The van der Waals surface area contributed by atoms with E-state index in [1.165, 1.54) is 0 Å². The van der Waals surface area contributed by atoms with Crippen LogP contribution in [0.2, 0.25) is 0 Å². The summed E-state index contributed by atoms with van der Waals surface area (Å²) in [6, 6.07) is 3.52. The molecule has 1 fully saturated rings. The smallest absolute Gasteiger partial charge is 0.356 e. The molecular weight excluding hydrogens is 256 g/mol. The first kappa shape index (κ1) is 12.9. The Morgan fingerprint density at radius 1 is 1.60 bits per heavy atom. The van der Waals surface area contributed by atoms with Crippen LogP contribution in [0.25, 0.3) is 5.52 Å². The van der Waals surface area contributed by atoms with Gasteiger partial charge in [-0.1, -0.05) is 0 Å². The number of nitrogen functional groups attached to an aromatic ring is 1. The Morgan fingerprint density at radius 2 is 2.45 bits per heavy atom. The second-order valence-corrected chi connectivity index (χ2v) is 5.28. The van der Waals surface area contributed by atoms with Gasteiger partial charge in [-0.05, 0) is 44.0 Å². The number of carbonyl (C=O) groups is 1. The van der Waals surface area contributed by atoms with Gasteiger partial charge >= 0.3 is 5.97 Å². The van der Waals surface area contributed by atoms with E-state index >= 15 is 0 Å². The van der Waals surface area contributed by atoms with Crippen molar-refractivity contribution >= 4 is 17.2 Å². The van der Waals surface area contributed by atoms with Crippen molar-refractivity contribution in [1.82, 2.24) is 14.7 Å². The first-order chi connectivity index (χ1) is 9.66. The number of nitrogens with zero attached hydrogens (tertiary/aromatic N) is 2. The van der Waals surface area contributed by atoms with Gasteiger partial charge in [0.1, 0.15) is 11.3 Å². The molecule has 3 rings (SSSR count). The molecule has 6 nitrogen and oxygen atoms in total. The van der Waals surface area contributed by atoms with Crippen molar-refractivity contribution < 1.29 is 9.90 Å². The summed E-state index contributed by atoms with van der Waals surface area (Å²) in [5.74, 6) is 0.240. The SMILES string of the molecule is Nc1cccn2c(CC3CCCNC3)nc(C(=O)O)c12. The summed E-state index contributed by atoms with van der Waals surface area (Å²) in [5, 5.41) is 12.6. The molecular formula is C14H18N4O2. The Bertz CT molecular complexity index is 644. The number of hydrogen-bond acceptors (Lipinski definition) is 4. The maximum Gasteiger partial charge on any atom is 0.356 e. The fourth-order valence-corrected chi connectivity index (χ4v) is 2.88. The topological polar surface area (TPSA) is 92.7 Å². The highest BCUT2D eigenvalue weighted by Gasteiger charge is 2.21. The van der Waals surface area contributed by atoms with Crippen LogP contribution in [0.1, 0.15) is 29.2 Å². The summed E-state index contributed by atoms with van der Waals surface area (Å²) >= 11 is 0. The monoisotopic (exact) mass is 274 g/mol. The molecule has 4 N–H and O–H groups in total. The van der Waals surface area contributed by atoms with E-state index in [2.05, 4.69) is 10.3 Å². The molecule has 1 aliphatic rings. The molecule has 2 aromatic rings. The first-order valence-electron chi connectivity index (χ1n) is 6.86. The van der Waals surface area contributed by atoms with Gasteiger partial charge in [-0.15, -0.1) is 0 Å². The molecule has 106 valence electrons. The van der Waals surface area contributed by atoms with Crippen LogP contribution in [0, 0.1) is 5.92 Å². The van der Waals surface area contributed by atoms with Crippen molar-refractivity contribution in [1.29, 1.82) is 0 Å². The summed E-state index contributed by atoms with van der Waals surface area (Å²) in [5.41, 5.74) is 6.90. The number of fused-ring (bicyclic) bond motifs is 1. The largest absolute Gasteiger partial charge is 0.476 e. The fraction of sp³-hybridized carbons (Fsp3) is 0.429. The average molecular weight is 274 g/mol. The Hall–Kier alpha value is -2.08. The van der Waals surface area contributed by atoms with Gasteiger partial charge in [0.05, 0.1) is 5.69 Å². The number of anilines is 1. The predicted molar refractivity (Wildman–Crippen MR) is 75.9 cm³/mol. The standard InChI is InChI=1S/C14H18N4O2/c15-10-4-2-6-18-11(7-9-3-1-5-16-8-9)17-12(13(10)18)14(19)20/h2,4,6,9,16H,1,3,5,7-8,15H2,(H,19,20). The van der Waals surface area contributed by atoms with Gasteiger partial charge in [-0.25, -0.2) is 9.78 Å². The van der Waals surface area contributed by atoms with Gasteiger partial charge in [0.15, 0.2) is 5.69 Å². The van der Waals surface area contributed by atoms with Crippen LogP contribution in [0.15, 0.2) is 18.3 Å². The number of piperidine rings is 1. The van der Waals surface area contributed by atoms with E-state index in [1.54, 1.807) is 6.07 Å². The highest BCUT2D eigenvalue weighted by Crippen LogP contribution is 2.23. The third kappa shape index (κ3) is 2.22. The number of carboxylic acid groups (broad SMARTS) is 1. The fourth-order valence-electron chi connectivity index (χ4n) is 2.88. The molecule has 0 amide bonds. The molecule has 3 heterocycles. The number of carboxylic acids is 1. The number of nitrogens with one attached hydrogen (secondary N) is 1. The second kappa shape index (κ2) is 5.13. The minimum Gasteiger partial charge on any atom is -0.476 e. The maximum absolute atomic E-state index is 11.3. The molecule has 20 heavy (non-hydrogen) atoms. The van der Waals surface area contributed by atoms with Crippen LogP contribution < -0.4 is 11.1 Å². The maximum atomic E-state index is 11.3. The summed E-state index contributed by atoms with van der Waals surface area (Å²) in [4.78, 5) is 15.6. The van der Waals surface area contributed by atoms with Gasteiger partial charge in [0, 0.05) is 12.6 Å². The molecule has 6 heteroatoms. The lowest BCUT2D eigenvalue weighted by molar-refractivity contribution is 0.0693. The minimum atomic E-state index is -1.03. The van der Waals surface area contributed by atoms with Crippen molar-refractivity contribution in [2.75, 3.05) is 18.8 Å². The number of pyridine rings is 1. The van der Waals surface area contributed by atoms with Crippen molar-refractivity contribution in [3.05, 3.63) is 29.8 Å². The third-order valence-electron chi connectivity index (χ3n) is 3.84. The second-order valence-electron chi connectivity index (χ2n) is 5.28. The van der Waals surface area contributed by atoms with Crippen LogP contribution in [0.5, 0.6) is 0 Å². The zero-order chi connectivity index (χ0) is 14.1. The molecule has 0 saturated carbocycles. The average Bonchev–Trinajstić information content (AvgIpc) is 2.81. The Balaban J connectivity index is 2.02.